The van der Waals surface area contributed by atoms with E-state index >= 15 is 0 Å². The zero-order valence-corrected chi connectivity index (χ0v) is 12.5. The summed E-state index contributed by atoms with van der Waals surface area (Å²) in [5.74, 6) is 1.92. The lowest BCUT2D eigenvalue weighted by atomic mass is 10.1. The van der Waals surface area contributed by atoms with Gasteiger partial charge in [0.2, 0.25) is 0 Å². The summed E-state index contributed by atoms with van der Waals surface area (Å²) in [5.41, 5.74) is 6.94. The normalized spacial score (nSPS) is 22.6. The van der Waals surface area contributed by atoms with Crippen LogP contribution in [0.2, 0.25) is 0 Å². The molecule has 19 heavy (non-hydrogen) atoms. The molecule has 1 atom stereocenters. The van der Waals surface area contributed by atoms with Crippen molar-refractivity contribution >= 4 is 0 Å². The predicted molar refractivity (Wildman–Crippen MR) is 77.9 cm³/mol. The third-order valence-electron chi connectivity index (χ3n) is 4.14. The molecule has 1 saturated heterocycles. The molecule has 2 rings (SSSR count). The van der Waals surface area contributed by atoms with E-state index in [1.807, 2.05) is 6.92 Å². The summed E-state index contributed by atoms with van der Waals surface area (Å²) in [4.78, 5) is 5.04. The van der Waals surface area contributed by atoms with Gasteiger partial charge in [0.1, 0.15) is 11.5 Å². The van der Waals surface area contributed by atoms with E-state index in [0.717, 1.165) is 24.6 Å². The number of furan rings is 1. The molecule has 0 aromatic carbocycles. The molecule has 0 amide bonds. The van der Waals surface area contributed by atoms with Crippen LogP contribution in [0.25, 0.3) is 0 Å². The monoisotopic (exact) mass is 265 g/mol. The molecular weight excluding hydrogens is 238 g/mol. The molecule has 1 unspecified atom stereocenters. The standard InChI is InChI=1S/C15H27N3O/c1-4-14-11-17(3)6-5-7-18(14)10-13-8-15(9-16)19-12(13)2/h8,14H,4-7,9-11,16H2,1-3H3. The summed E-state index contributed by atoms with van der Waals surface area (Å²) in [6.07, 6.45) is 2.44. The van der Waals surface area contributed by atoms with Crippen molar-refractivity contribution in [2.75, 3.05) is 26.7 Å². The Morgan fingerprint density at radius 1 is 1.42 bits per heavy atom. The fourth-order valence-corrected chi connectivity index (χ4v) is 2.95. The van der Waals surface area contributed by atoms with Gasteiger partial charge in [-0.25, -0.2) is 0 Å². The molecule has 1 aliphatic rings. The third-order valence-corrected chi connectivity index (χ3v) is 4.14. The number of nitrogens with two attached hydrogens (primary N) is 1. The molecule has 1 aromatic rings. The number of hydrogen-bond acceptors (Lipinski definition) is 4. The van der Waals surface area contributed by atoms with Crippen molar-refractivity contribution in [1.82, 2.24) is 9.80 Å². The van der Waals surface area contributed by atoms with Crippen LogP contribution < -0.4 is 5.73 Å². The van der Waals surface area contributed by atoms with Crippen LogP contribution in [0.1, 0.15) is 36.8 Å². The Hall–Kier alpha value is -0.840. The highest BCUT2D eigenvalue weighted by Gasteiger charge is 2.23. The second-order valence-electron chi connectivity index (χ2n) is 5.65. The zero-order chi connectivity index (χ0) is 13.8. The minimum absolute atomic E-state index is 0.487. The Balaban J connectivity index is 2.08. The summed E-state index contributed by atoms with van der Waals surface area (Å²) in [5, 5.41) is 0. The van der Waals surface area contributed by atoms with Crippen molar-refractivity contribution in [2.45, 2.75) is 45.8 Å². The number of likely N-dealkylation sites (N-methyl/N-ethyl adjacent to an activating group) is 1. The number of rotatable bonds is 4. The fourth-order valence-electron chi connectivity index (χ4n) is 2.95. The molecule has 0 bridgehead atoms. The van der Waals surface area contributed by atoms with Crippen LogP contribution in [-0.4, -0.2) is 42.5 Å². The molecule has 4 heteroatoms. The first-order valence-electron chi connectivity index (χ1n) is 7.34. The van der Waals surface area contributed by atoms with Gasteiger partial charge < -0.3 is 15.1 Å². The Kier molecular flexibility index (Phi) is 5.02. The van der Waals surface area contributed by atoms with E-state index in [2.05, 4.69) is 29.8 Å². The highest BCUT2D eigenvalue weighted by atomic mass is 16.3. The SMILES string of the molecule is CCC1CN(C)CCCN1Cc1cc(CN)oc1C. The molecule has 0 saturated carbocycles. The quantitative estimate of drug-likeness (QED) is 0.904. The Labute approximate surface area is 116 Å². The minimum Gasteiger partial charge on any atom is -0.465 e. The van der Waals surface area contributed by atoms with E-state index in [0.29, 0.717) is 12.6 Å². The topological polar surface area (TPSA) is 45.6 Å². The second-order valence-corrected chi connectivity index (χ2v) is 5.65. The maximum absolute atomic E-state index is 5.66. The van der Waals surface area contributed by atoms with Gasteiger partial charge in [0.15, 0.2) is 0 Å². The van der Waals surface area contributed by atoms with E-state index < -0.39 is 0 Å². The van der Waals surface area contributed by atoms with E-state index in [1.54, 1.807) is 0 Å². The lowest BCUT2D eigenvalue weighted by Crippen LogP contribution is -2.39. The zero-order valence-electron chi connectivity index (χ0n) is 12.5. The summed E-state index contributed by atoms with van der Waals surface area (Å²) in [7, 11) is 2.22. The average Bonchev–Trinajstić information content (AvgIpc) is 2.64. The van der Waals surface area contributed by atoms with Crippen LogP contribution in [0.5, 0.6) is 0 Å². The summed E-state index contributed by atoms with van der Waals surface area (Å²) < 4.78 is 5.66. The van der Waals surface area contributed by atoms with Crippen LogP contribution in [0.15, 0.2) is 10.5 Å². The van der Waals surface area contributed by atoms with Gasteiger partial charge >= 0.3 is 0 Å². The van der Waals surface area contributed by atoms with Gasteiger partial charge in [-0.3, -0.25) is 4.90 Å². The minimum atomic E-state index is 0.487. The Morgan fingerprint density at radius 2 is 2.21 bits per heavy atom. The van der Waals surface area contributed by atoms with Crippen LogP contribution in [0.3, 0.4) is 0 Å². The Bertz CT molecular complexity index is 402. The van der Waals surface area contributed by atoms with Crippen molar-refractivity contribution in [1.29, 1.82) is 0 Å². The van der Waals surface area contributed by atoms with Crippen LogP contribution in [0, 0.1) is 6.92 Å². The van der Waals surface area contributed by atoms with Gasteiger partial charge in [0.05, 0.1) is 6.54 Å². The van der Waals surface area contributed by atoms with Gasteiger partial charge in [-0.15, -0.1) is 0 Å². The number of aryl methyl sites for hydroxylation is 1. The fraction of sp³-hybridized carbons (Fsp3) is 0.733. The van der Waals surface area contributed by atoms with Crippen molar-refractivity contribution < 1.29 is 4.42 Å². The molecule has 2 heterocycles. The number of nitrogens with zero attached hydrogens (tertiary/aromatic N) is 2. The third kappa shape index (κ3) is 3.59. The maximum Gasteiger partial charge on any atom is 0.118 e. The van der Waals surface area contributed by atoms with Crippen molar-refractivity contribution in [3.8, 4) is 0 Å². The van der Waals surface area contributed by atoms with Gasteiger partial charge in [0, 0.05) is 31.2 Å². The van der Waals surface area contributed by atoms with Crippen molar-refractivity contribution in [3.63, 3.8) is 0 Å². The van der Waals surface area contributed by atoms with E-state index in [1.165, 1.54) is 31.5 Å². The molecule has 1 fully saturated rings. The molecule has 1 aromatic heterocycles. The molecule has 2 N–H and O–H groups in total. The van der Waals surface area contributed by atoms with E-state index in [-0.39, 0.29) is 0 Å². The largest absolute Gasteiger partial charge is 0.465 e. The second kappa shape index (κ2) is 6.55. The molecule has 4 nitrogen and oxygen atoms in total. The van der Waals surface area contributed by atoms with Gasteiger partial charge in [0.25, 0.3) is 0 Å². The highest BCUT2D eigenvalue weighted by Crippen LogP contribution is 2.20. The highest BCUT2D eigenvalue weighted by molar-refractivity contribution is 5.20. The average molecular weight is 265 g/mol. The molecule has 0 aliphatic carbocycles. The predicted octanol–water partition coefficient (Wildman–Crippen LogP) is 1.96. The van der Waals surface area contributed by atoms with Crippen LogP contribution >= 0.6 is 0 Å². The Morgan fingerprint density at radius 3 is 2.84 bits per heavy atom. The van der Waals surface area contributed by atoms with Crippen molar-refractivity contribution in [3.05, 3.63) is 23.2 Å². The molecule has 108 valence electrons. The van der Waals surface area contributed by atoms with Crippen molar-refractivity contribution in [2.24, 2.45) is 5.73 Å². The first-order valence-corrected chi connectivity index (χ1v) is 7.34. The molecule has 0 radical (unpaired) electrons. The first-order chi connectivity index (χ1) is 9.13. The van der Waals surface area contributed by atoms with E-state index in [4.69, 9.17) is 10.2 Å². The first kappa shape index (κ1) is 14.6. The van der Waals surface area contributed by atoms with Crippen LogP contribution in [0.4, 0.5) is 0 Å². The molecular formula is C15H27N3O. The molecule has 0 spiro atoms. The maximum atomic E-state index is 5.66. The summed E-state index contributed by atoms with van der Waals surface area (Å²) in [6, 6.07) is 2.76. The van der Waals surface area contributed by atoms with Gasteiger partial charge in [-0.2, -0.15) is 0 Å². The smallest absolute Gasteiger partial charge is 0.118 e. The van der Waals surface area contributed by atoms with Gasteiger partial charge in [-0.1, -0.05) is 6.92 Å². The van der Waals surface area contributed by atoms with Crippen LogP contribution in [-0.2, 0) is 13.1 Å². The van der Waals surface area contributed by atoms with E-state index in [9.17, 15) is 0 Å². The molecule has 1 aliphatic heterocycles. The lowest BCUT2D eigenvalue weighted by Gasteiger charge is -2.29. The lowest BCUT2D eigenvalue weighted by molar-refractivity contribution is 0.175. The number of hydrogen-bond donors (Lipinski definition) is 1. The summed E-state index contributed by atoms with van der Waals surface area (Å²) >= 11 is 0. The van der Waals surface area contributed by atoms with Gasteiger partial charge in [-0.05, 0) is 39.4 Å². The summed E-state index contributed by atoms with van der Waals surface area (Å²) in [6.45, 7) is 9.33.